The van der Waals surface area contributed by atoms with Crippen LogP contribution in [0.2, 0.25) is 0 Å². The summed E-state index contributed by atoms with van der Waals surface area (Å²) in [6.07, 6.45) is 5.94. The topological polar surface area (TPSA) is 99.1 Å². The van der Waals surface area contributed by atoms with Gasteiger partial charge in [-0.2, -0.15) is 0 Å². The fourth-order valence-electron chi connectivity index (χ4n) is 12.5. The quantitative estimate of drug-likeness (QED) is 0.115. The lowest BCUT2D eigenvalue weighted by atomic mass is 9.32. The summed E-state index contributed by atoms with van der Waals surface area (Å²) >= 11 is 0. The first kappa shape index (κ1) is 40.2. The minimum atomic E-state index is -4.84. The van der Waals surface area contributed by atoms with E-state index in [1.807, 2.05) is 60.7 Å². The Morgan fingerprint density at radius 2 is 1.40 bits per heavy atom. The van der Waals surface area contributed by atoms with Gasteiger partial charge in [-0.25, -0.2) is 4.79 Å². The molecule has 312 valence electrons. The summed E-state index contributed by atoms with van der Waals surface area (Å²) in [7, 11) is 0. The van der Waals surface area contributed by atoms with Crippen molar-refractivity contribution < 1.29 is 37.7 Å². The van der Waals surface area contributed by atoms with Crippen molar-refractivity contribution in [3.63, 3.8) is 0 Å². The molecule has 2 amide bonds. The minimum absolute atomic E-state index is 0.0211. The molecule has 6 aliphatic carbocycles. The fourth-order valence-corrected chi connectivity index (χ4v) is 12.5. The zero-order chi connectivity index (χ0) is 42.1. The van der Waals surface area contributed by atoms with Gasteiger partial charge in [-0.15, -0.1) is 13.2 Å². The molecular formula is C50H51F3N2O5. The number of allylic oxidation sites excluding steroid dienone is 4. The second kappa shape index (κ2) is 14.5. The van der Waals surface area contributed by atoms with Gasteiger partial charge in [0.15, 0.2) is 5.78 Å². The Balaban J connectivity index is 1.08. The predicted molar refractivity (Wildman–Crippen MR) is 224 cm³/mol. The Morgan fingerprint density at radius 3 is 2.08 bits per heavy atom. The maximum absolute atomic E-state index is 15.2. The number of rotatable bonds is 9. The summed E-state index contributed by atoms with van der Waals surface area (Å²) in [6, 6.07) is 31.8. The molecule has 60 heavy (non-hydrogen) atoms. The average Bonchev–Trinajstić information content (AvgIpc) is 3.50. The number of ether oxygens (including phenoxy) is 1. The van der Waals surface area contributed by atoms with Crippen LogP contribution in [0.3, 0.4) is 0 Å². The Labute approximate surface area is 349 Å². The second-order valence-corrected chi connectivity index (χ2v) is 18.4. The number of carbonyl (C=O) groups is 2. The number of anilines is 1. The van der Waals surface area contributed by atoms with Gasteiger partial charge in [-0.3, -0.25) is 4.79 Å². The second-order valence-electron chi connectivity index (χ2n) is 18.4. The zero-order valence-electron chi connectivity index (χ0n) is 33.9. The molecule has 0 aliphatic heterocycles. The van der Waals surface area contributed by atoms with Crippen molar-refractivity contribution in [1.29, 1.82) is 0 Å². The van der Waals surface area contributed by atoms with Crippen molar-refractivity contribution in [1.82, 2.24) is 4.90 Å². The number of amides is 2. The number of alkyl halides is 3. The molecule has 3 saturated carbocycles. The number of nitrogens with one attached hydrogen (secondary N) is 1. The molecule has 7 nitrogen and oxygen atoms in total. The number of Topliss-reactive ketones (excluding diaryl/α,β-unsaturated/α-hetero) is 1. The van der Waals surface area contributed by atoms with Gasteiger partial charge in [-0.05, 0) is 103 Å². The summed E-state index contributed by atoms with van der Waals surface area (Å²) in [4.78, 5) is 30.9. The molecule has 3 N–H and O–H groups in total. The monoisotopic (exact) mass is 816 g/mol. The van der Waals surface area contributed by atoms with E-state index in [9.17, 15) is 28.2 Å². The molecule has 0 saturated heterocycles. The number of nitrogens with zero attached hydrogens (tertiary/aromatic N) is 1. The van der Waals surface area contributed by atoms with Crippen LogP contribution in [0.15, 0.2) is 133 Å². The number of aliphatic hydroxyl groups excluding tert-OH is 1. The number of aliphatic hydroxyl groups is 2. The maximum Gasteiger partial charge on any atom is 0.573 e. The van der Waals surface area contributed by atoms with Gasteiger partial charge in [0.25, 0.3) is 0 Å². The number of benzene rings is 4. The van der Waals surface area contributed by atoms with Crippen LogP contribution >= 0.6 is 0 Å². The normalized spacial score (nSPS) is 32.6. The Bertz CT molecular complexity index is 2330. The van der Waals surface area contributed by atoms with Crippen LogP contribution in [0, 0.1) is 33.5 Å². The lowest BCUT2D eigenvalue weighted by Crippen LogP contribution is -2.67. The molecule has 0 radical (unpaired) electrons. The third-order valence-corrected chi connectivity index (χ3v) is 15.5. The molecule has 10 rings (SSSR count). The van der Waals surface area contributed by atoms with Gasteiger partial charge in [0, 0.05) is 39.6 Å². The summed E-state index contributed by atoms with van der Waals surface area (Å²) in [6.45, 7) is 4.46. The van der Waals surface area contributed by atoms with Gasteiger partial charge in [0.05, 0.1) is 18.2 Å². The van der Waals surface area contributed by atoms with E-state index in [-0.39, 0.29) is 41.9 Å². The number of para-hydroxylation sites is 1. The van der Waals surface area contributed by atoms with E-state index in [1.165, 1.54) is 24.3 Å². The van der Waals surface area contributed by atoms with Crippen LogP contribution in [0.4, 0.5) is 23.7 Å². The van der Waals surface area contributed by atoms with Crippen molar-refractivity contribution in [3.8, 4) is 16.9 Å². The van der Waals surface area contributed by atoms with Crippen molar-refractivity contribution >= 4 is 17.5 Å². The maximum atomic E-state index is 15.2. The van der Waals surface area contributed by atoms with E-state index in [2.05, 4.69) is 42.1 Å². The molecule has 6 aliphatic rings. The van der Waals surface area contributed by atoms with E-state index in [0.29, 0.717) is 48.9 Å². The van der Waals surface area contributed by atoms with Gasteiger partial charge in [0.2, 0.25) is 0 Å². The predicted octanol–water partition coefficient (Wildman–Crippen LogP) is 10.8. The largest absolute Gasteiger partial charge is 0.573 e. The minimum Gasteiger partial charge on any atom is -0.406 e. The lowest BCUT2D eigenvalue weighted by Gasteiger charge is -2.71. The summed E-state index contributed by atoms with van der Waals surface area (Å²) in [5.41, 5.74) is 1.05. The summed E-state index contributed by atoms with van der Waals surface area (Å²) < 4.78 is 43.0. The zero-order valence-corrected chi connectivity index (χ0v) is 33.9. The molecule has 2 bridgehead atoms. The molecule has 2 spiro atoms. The highest BCUT2D eigenvalue weighted by Crippen LogP contribution is 2.78. The van der Waals surface area contributed by atoms with Gasteiger partial charge >= 0.3 is 12.4 Å². The van der Waals surface area contributed by atoms with Gasteiger partial charge in [-0.1, -0.05) is 117 Å². The average molecular weight is 817 g/mol. The van der Waals surface area contributed by atoms with Crippen molar-refractivity contribution in [2.24, 2.45) is 33.5 Å². The molecule has 0 heterocycles. The number of ketones is 1. The Hall–Kier alpha value is -5.19. The molecule has 4 aromatic rings. The molecule has 1 unspecified atom stereocenters. The number of carbonyl (C=O) groups excluding carboxylic acids is 2. The third kappa shape index (κ3) is 6.49. The number of halogens is 3. The SMILES string of the molecule is C[C@]12CC[C@H]3[C@]4(C=C[C@@]5(C=C4C(=O)c4ccc(-c6ccccc6)cc4)CC(O)CC[C@]35C)[C@@H]1CC[C@@]2(O)CN(Cc1ccc(OC(F)(F)F)cc1)C(=O)Nc1ccccc1. The van der Waals surface area contributed by atoms with E-state index >= 15 is 4.79 Å². The first-order valence-electron chi connectivity index (χ1n) is 21.1. The number of fused-ring (bicyclic) bond motifs is 1. The molecule has 3 fully saturated rings. The number of urea groups is 1. The van der Waals surface area contributed by atoms with Crippen molar-refractivity contribution in [3.05, 3.63) is 144 Å². The Morgan fingerprint density at radius 1 is 0.783 bits per heavy atom. The van der Waals surface area contributed by atoms with Crippen LogP contribution in [-0.2, 0) is 6.54 Å². The van der Waals surface area contributed by atoms with E-state index in [0.717, 1.165) is 29.5 Å². The summed E-state index contributed by atoms with van der Waals surface area (Å²) in [5.74, 6) is -0.461. The van der Waals surface area contributed by atoms with Crippen molar-refractivity contribution in [2.75, 3.05) is 11.9 Å². The number of hydrogen-bond donors (Lipinski definition) is 3. The fraction of sp³-hybridized carbons (Fsp3) is 0.400. The van der Waals surface area contributed by atoms with E-state index < -0.39 is 40.3 Å². The highest BCUT2D eigenvalue weighted by atomic mass is 19.4. The van der Waals surface area contributed by atoms with Crippen LogP contribution in [-0.4, -0.2) is 51.5 Å². The van der Waals surface area contributed by atoms with Gasteiger partial charge in [0.1, 0.15) is 5.75 Å². The van der Waals surface area contributed by atoms with Crippen LogP contribution in [0.5, 0.6) is 5.75 Å². The first-order chi connectivity index (χ1) is 28.6. The highest BCUT2D eigenvalue weighted by molar-refractivity contribution is 6.10. The highest BCUT2D eigenvalue weighted by Gasteiger charge is 2.74. The molecule has 8 atom stereocenters. The third-order valence-electron chi connectivity index (χ3n) is 15.5. The van der Waals surface area contributed by atoms with Crippen LogP contribution in [0.25, 0.3) is 11.1 Å². The molecule has 10 heteroatoms. The standard InChI is InChI=1S/C50H51F3N2O5/c1-45-24-21-38(56)29-47(45)27-28-49(40(30-47)43(57)36-17-15-35(16-18-36)34-9-5-3-6-10-34)41(45)22-25-46(2)42(49)23-26-48(46,59)32-55(44(58)54-37-11-7-4-8-12-37)31-33-13-19-39(20-14-33)60-50(51,52)53/h3-20,27-28,30,38,41-42,56,59H,21-26,29,31-32H2,1-2H3,(H,54,58)/t38?,41-,42-,45-,46+,47+,48-,49-/m1/s1. The smallest absolute Gasteiger partial charge is 0.406 e. The molecule has 4 aromatic carbocycles. The molecular weight excluding hydrogens is 766 g/mol. The Kier molecular flexibility index (Phi) is 9.71. The lowest BCUT2D eigenvalue weighted by molar-refractivity contribution is -0.274. The van der Waals surface area contributed by atoms with Crippen molar-refractivity contribution in [2.45, 2.75) is 83.4 Å². The molecule has 0 aromatic heterocycles. The van der Waals surface area contributed by atoms with E-state index in [4.69, 9.17) is 0 Å². The van der Waals surface area contributed by atoms with Crippen LogP contribution in [0.1, 0.15) is 74.7 Å². The first-order valence-corrected chi connectivity index (χ1v) is 21.1. The van der Waals surface area contributed by atoms with Crippen LogP contribution < -0.4 is 10.1 Å². The van der Waals surface area contributed by atoms with Gasteiger partial charge < -0.3 is 25.2 Å². The number of hydrogen-bond acceptors (Lipinski definition) is 5. The van der Waals surface area contributed by atoms with E-state index in [1.54, 1.807) is 29.2 Å². The summed E-state index contributed by atoms with van der Waals surface area (Å²) in [5, 5.41) is 27.3.